The average Bonchev–Trinajstić information content (AvgIpc) is 3.66. The summed E-state index contributed by atoms with van der Waals surface area (Å²) < 4.78 is 20.1. The van der Waals surface area contributed by atoms with Crippen LogP contribution in [0.4, 0.5) is 0 Å². The average molecular weight is 509 g/mol. The van der Waals surface area contributed by atoms with Crippen LogP contribution in [0.5, 0.6) is 0 Å². The second-order valence-corrected chi connectivity index (χ2v) is 9.80. The number of azide groups is 1. The third kappa shape index (κ3) is 4.26. The third-order valence-electron chi connectivity index (χ3n) is 6.86. The zero-order valence-corrected chi connectivity index (χ0v) is 20.3. The van der Waals surface area contributed by atoms with Gasteiger partial charge >= 0.3 is 0 Å². The molecule has 2 aromatic carbocycles. The van der Waals surface area contributed by atoms with Crippen LogP contribution in [0.2, 0.25) is 5.02 Å². The highest BCUT2D eigenvalue weighted by atomic mass is 35.5. The van der Waals surface area contributed by atoms with E-state index in [9.17, 15) is 10.6 Å². The minimum Gasteiger partial charge on any atom is -0.389 e. The topological polar surface area (TPSA) is 127 Å². The number of aromatic nitrogens is 3. The predicted molar refractivity (Wildman–Crippen MR) is 130 cm³/mol. The van der Waals surface area contributed by atoms with E-state index in [0.29, 0.717) is 22.6 Å². The normalized spacial score (nSPS) is 29.9. The number of aliphatic hydroxyl groups is 1. The van der Waals surface area contributed by atoms with Gasteiger partial charge in [0, 0.05) is 15.5 Å². The molecule has 0 radical (unpaired) electrons. The van der Waals surface area contributed by atoms with Gasteiger partial charge in [-0.3, -0.25) is 0 Å². The molecule has 1 N–H and O–H groups in total. The molecule has 10 nitrogen and oxygen atoms in total. The molecule has 36 heavy (non-hydrogen) atoms. The fraction of sp³-hybridized carbons (Fsp3) is 0.440. The zero-order valence-electron chi connectivity index (χ0n) is 19.5. The lowest BCUT2D eigenvalue weighted by Crippen LogP contribution is -2.58. The largest absolute Gasteiger partial charge is 0.389 e. The van der Waals surface area contributed by atoms with E-state index in [1.54, 1.807) is 11.6 Å². The summed E-state index contributed by atoms with van der Waals surface area (Å²) in [6.07, 6.45) is -1.88. The summed E-state index contributed by atoms with van der Waals surface area (Å²) in [6, 6.07) is 14.3. The molecular formula is C25H25ClN6O4. The Morgan fingerprint density at radius 3 is 2.72 bits per heavy atom. The molecule has 6 rings (SSSR count). The Morgan fingerprint density at radius 2 is 1.97 bits per heavy atom. The minimum absolute atomic E-state index is 0.197. The second-order valence-electron chi connectivity index (χ2n) is 9.36. The minimum atomic E-state index is -1.22. The molecule has 11 heteroatoms. The number of fused-ring (bicyclic) bond motifs is 1. The van der Waals surface area contributed by atoms with Crippen LogP contribution in [0.1, 0.15) is 53.9 Å². The first kappa shape index (κ1) is 23.4. The SMILES string of the molecule is Cc1nc([C@@H]2OC3COC(c4ccccc4)O[C@@H]3C(N=[N+]=[N-])C2O)n(-c2cc(Cl)ccc2C2CC2)n1. The Hall–Kier alpha value is -2.98. The molecule has 0 amide bonds. The van der Waals surface area contributed by atoms with Gasteiger partial charge in [0.25, 0.3) is 0 Å². The van der Waals surface area contributed by atoms with Crippen LogP contribution in [0.3, 0.4) is 0 Å². The molecule has 1 saturated carbocycles. The maximum Gasteiger partial charge on any atom is 0.184 e. The zero-order chi connectivity index (χ0) is 24.8. The maximum absolute atomic E-state index is 11.4. The number of aryl methyl sites for hydroxylation is 1. The van der Waals surface area contributed by atoms with Crippen molar-refractivity contribution >= 4 is 11.6 Å². The van der Waals surface area contributed by atoms with Crippen LogP contribution < -0.4 is 0 Å². The van der Waals surface area contributed by atoms with Gasteiger partial charge in [-0.15, -0.1) is 0 Å². The number of aliphatic hydroxyl groups excluding tert-OH is 1. The fourth-order valence-corrected chi connectivity index (χ4v) is 5.20. The van der Waals surface area contributed by atoms with Crippen molar-refractivity contribution in [3.8, 4) is 5.69 Å². The van der Waals surface area contributed by atoms with E-state index >= 15 is 0 Å². The summed E-state index contributed by atoms with van der Waals surface area (Å²) in [5.74, 6) is 1.36. The van der Waals surface area contributed by atoms with Crippen molar-refractivity contribution in [1.29, 1.82) is 0 Å². The Kier molecular flexibility index (Phi) is 6.17. The molecule has 186 valence electrons. The molecule has 0 bridgehead atoms. The highest BCUT2D eigenvalue weighted by molar-refractivity contribution is 6.30. The predicted octanol–water partition coefficient (Wildman–Crippen LogP) is 4.70. The van der Waals surface area contributed by atoms with Crippen molar-refractivity contribution < 1.29 is 19.3 Å². The number of rotatable bonds is 5. The summed E-state index contributed by atoms with van der Waals surface area (Å²) in [6.45, 7) is 1.98. The Balaban J connectivity index is 1.35. The van der Waals surface area contributed by atoms with Gasteiger partial charge in [-0.2, -0.15) is 5.10 Å². The highest BCUT2D eigenvalue weighted by Gasteiger charge is 2.51. The van der Waals surface area contributed by atoms with Crippen molar-refractivity contribution in [3.63, 3.8) is 0 Å². The van der Waals surface area contributed by atoms with Crippen LogP contribution in [0.25, 0.3) is 16.1 Å². The lowest BCUT2D eigenvalue weighted by atomic mass is 9.91. The lowest BCUT2D eigenvalue weighted by Gasteiger charge is -2.46. The van der Waals surface area contributed by atoms with Gasteiger partial charge in [0.15, 0.2) is 12.1 Å². The van der Waals surface area contributed by atoms with E-state index in [1.165, 1.54) is 0 Å². The van der Waals surface area contributed by atoms with E-state index < -0.39 is 36.7 Å². The van der Waals surface area contributed by atoms with E-state index in [1.807, 2.05) is 48.5 Å². The third-order valence-corrected chi connectivity index (χ3v) is 7.10. The number of hydrogen-bond donors (Lipinski definition) is 1. The molecule has 6 atom stereocenters. The van der Waals surface area contributed by atoms with Gasteiger partial charge in [0.1, 0.15) is 24.1 Å². The Labute approximate surface area is 212 Å². The maximum atomic E-state index is 11.4. The molecule has 1 aromatic heterocycles. The lowest BCUT2D eigenvalue weighted by molar-refractivity contribution is -0.309. The second kappa shape index (κ2) is 9.48. The number of hydrogen-bond acceptors (Lipinski definition) is 7. The van der Waals surface area contributed by atoms with Crippen LogP contribution in [-0.2, 0) is 14.2 Å². The molecule has 0 spiro atoms. The van der Waals surface area contributed by atoms with Gasteiger partial charge in [0.2, 0.25) is 0 Å². The summed E-state index contributed by atoms with van der Waals surface area (Å²) in [5.41, 5.74) is 12.1. The molecule has 3 fully saturated rings. The monoisotopic (exact) mass is 508 g/mol. The molecule has 3 heterocycles. The van der Waals surface area contributed by atoms with Crippen molar-refractivity contribution in [1.82, 2.24) is 14.8 Å². The quantitative estimate of drug-likeness (QED) is 0.302. The van der Waals surface area contributed by atoms with Crippen LogP contribution in [0.15, 0.2) is 53.6 Å². The Morgan fingerprint density at radius 1 is 1.17 bits per heavy atom. The molecule has 4 unspecified atom stereocenters. The van der Waals surface area contributed by atoms with Gasteiger partial charge < -0.3 is 19.3 Å². The molecule has 2 saturated heterocycles. The number of ether oxygens (including phenoxy) is 3. The number of halogens is 1. The first-order valence-corrected chi connectivity index (χ1v) is 12.3. The smallest absolute Gasteiger partial charge is 0.184 e. The standard InChI is InChI=1S/C25H25ClN6O4/c1-13-28-24(32(30-13)18-11-16(26)9-10-17(18)14-7-8-14)23-21(33)20(29-31-27)22-19(35-23)12-34-25(36-22)15-5-3-2-4-6-15/h2-6,9-11,14,19-23,25,33H,7-8,12H2,1H3/t19?,20?,21?,22-,23+,25?/m0/s1. The first-order chi connectivity index (χ1) is 17.5. The van der Waals surface area contributed by atoms with Gasteiger partial charge in [-0.05, 0) is 48.9 Å². The van der Waals surface area contributed by atoms with Crippen molar-refractivity contribution in [3.05, 3.63) is 86.8 Å². The van der Waals surface area contributed by atoms with Crippen molar-refractivity contribution in [2.75, 3.05) is 6.61 Å². The van der Waals surface area contributed by atoms with Gasteiger partial charge in [-0.25, -0.2) is 9.67 Å². The van der Waals surface area contributed by atoms with Crippen LogP contribution >= 0.6 is 11.6 Å². The molecule has 3 aromatic rings. The molecule has 3 aliphatic rings. The molecule has 1 aliphatic carbocycles. The highest BCUT2D eigenvalue weighted by Crippen LogP contribution is 2.45. The molecule has 2 aliphatic heterocycles. The van der Waals surface area contributed by atoms with E-state index in [4.69, 9.17) is 25.8 Å². The van der Waals surface area contributed by atoms with E-state index in [-0.39, 0.29) is 6.61 Å². The Bertz CT molecular complexity index is 1310. The summed E-state index contributed by atoms with van der Waals surface area (Å²) in [4.78, 5) is 7.61. The molecular weight excluding hydrogens is 484 g/mol. The number of benzene rings is 2. The van der Waals surface area contributed by atoms with E-state index in [0.717, 1.165) is 29.7 Å². The van der Waals surface area contributed by atoms with E-state index in [2.05, 4.69) is 20.1 Å². The number of nitrogens with zero attached hydrogens (tertiary/aromatic N) is 6. The summed E-state index contributed by atoms with van der Waals surface area (Å²) in [5, 5.41) is 20.5. The summed E-state index contributed by atoms with van der Waals surface area (Å²) >= 11 is 6.35. The van der Waals surface area contributed by atoms with Crippen LogP contribution in [-0.4, -0.2) is 50.8 Å². The fourth-order valence-electron chi connectivity index (χ4n) is 5.03. The van der Waals surface area contributed by atoms with Gasteiger partial charge in [-0.1, -0.05) is 53.1 Å². The van der Waals surface area contributed by atoms with Gasteiger partial charge in [0.05, 0.1) is 24.4 Å². The van der Waals surface area contributed by atoms with Crippen molar-refractivity contribution in [2.24, 2.45) is 5.11 Å². The van der Waals surface area contributed by atoms with Crippen molar-refractivity contribution in [2.45, 2.75) is 62.4 Å². The summed E-state index contributed by atoms with van der Waals surface area (Å²) in [7, 11) is 0. The van der Waals surface area contributed by atoms with Crippen LogP contribution in [0, 0.1) is 6.92 Å². The first-order valence-electron chi connectivity index (χ1n) is 12.0.